The smallest absolute Gasteiger partial charge is 0.139 e. The third-order valence-electron chi connectivity index (χ3n) is 2.79. The van der Waals surface area contributed by atoms with E-state index in [0.29, 0.717) is 10.8 Å². The van der Waals surface area contributed by atoms with Gasteiger partial charge in [-0.15, -0.1) is 0 Å². The van der Waals surface area contributed by atoms with Gasteiger partial charge in [0.25, 0.3) is 0 Å². The average molecular weight is 356 g/mol. The zero-order chi connectivity index (χ0) is 14.7. The average Bonchev–Trinajstić information content (AvgIpc) is 2.38. The largest absolute Gasteiger partial charge is 0.370 e. The van der Waals surface area contributed by atoms with Crippen LogP contribution in [0.1, 0.15) is 18.3 Å². The van der Waals surface area contributed by atoms with Crippen molar-refractivity contribution in [1.82, 2.24) is 9.97 Å². The number of nitrogens with one attached hydrogen (secondary N) is 2. The summed E-state index contributed by atoms with van der Waals surface area (Å²) in [5.41, 5.74) is 1.79. The summed E-state index contributed by atoms with van der Waals surface area (Å²) in [5, 5.41) is 7.14. The Morgan fingerprint density at radius 2 is 1.90 bits per heavy atom. The molecule has 0 aliphatic rings. The number of aromatic nitrogens is 2. The van der Waals surface area contributed by atoms with E-state index >= 15 is 0 Å². The fourth-order valence-corrected chi connectivity index (χ4v) is 2.53. The molecule has 0 aliphatic carbocycles. The van der Waals surface area contributed by atoms with Gasteiger partial charge in [0.2, 0.25) is 0 Å². The van der Waals surface area contributed by atoms with Crippen LogP contribution in [0.15, 0.2) is 22.7 Å². The number of benzene rings is 1. The van der Waals surface area contributed by atoms with Gasteiger partial charge < -0.3 is 10.6 Å². The van der Waals surface area contributed by atoms with Crippen LogP contribution in [-0.2, 0) is 0 Å². The van der Waals surface area contributed by atoms with Crippen molar-refractivity contribution < 1.29 is 0 Å². The predicted octanol–water partition coefficient (Wildman–Crippen LogP) is 4.68. The standard InChI is InChI=1S/C14H16BrClN4/c1-4-17-13-8(2)14(19-9(3)18-13)20-12-6-5-10(15)7-11(12)16/h5-7H,4H2,1-3H3,(H2,17,18,19,20). The number of rotatable bonds is 4. The molecule has 0 saturated carbocycles. The first-order valence-electron chi connectivity index (χ1n) is 6.32. The van der Waals surface area contributed by atoms with Gasteiger partial charge in [0, 0.05) is 16.6 Å². The Labute approximate surface area is 132 Å². The van der Waals surface area contributed by atoms with Crippen molar-refractivity contribution in [2.45, 2.75) is 20.8 Å². The number of hydrogen-bond donors (Lipinski definition) is 2. The highest BCUT2D eigenvalue weighted by Gasteiger charge is 2.10. The van der Waals surface area contributed by atoms with E-state index in [4.69, 9.17) is 11.6 Å². The van der Waals surface area contributed by atoms with Crippen LogP contribution in [0.5, 0.6) is 0 Å². The number of halogens is 2. The van der Waals surface area contributed by atoms with E-state index in [9.17, 15) is 0 Å². The highest BCUT2D eigenvalue weighted by atomic mass is 79.9. The first kappa shape index (κ1) is 15.1. The van der Waals surface area contributed by atoms with Crippen LogP contribution < -0.4 is 10.6 Å². The number of hydrogen-bond acceptors (Lipinski definition) is 4. The van der Waals surface area contributed by atoms with Crippen LogP contribution in [-0.4, -0.2) is 16.5 Å². The monoisotopic (exact) mass is 354 g/mol. The molecule has 20 heavy (non-hydrogen) atoms. The summed E-state index contributed by atoms with van der Waals surface area (Å²) in [6, 6.07) is 5.69. The van der Waals surface area contributed by atoms with Crippen molar-refractivity contribution in [2.75, 3.05) is 17.2 Å². The maximum atomic E-state index is 6.22. The Kier molecular flexibility index (Phi) is 4.83. The van der Waals surface area contributed by atoms with E-state index in [1.165, 1.54) is 0 Å². The number of aryl methyl sites for hydroxylation is 1. The fourth-order valence-electron chi connectivity index (χ4n) is 1.81. The van der Waals surface area contributed by atoms with Crippen LogP contribution >= 0.6 is 27.5 Å². The normalized spacial score (nSPS) is 10.4. The van der Waals surface area contributed by atoms with Crippen LogP contribution in [0.2, 0.25) is 5.02 Å². The van der Waals surface area contributed by atoms with E-state index in [-0.39, 0.29) is 0 Å². The first-order chi connectivity index (χ1) is 9.51. The minimum absolute atomic E-state index is 0.639. The van der Waals surface area contributed by atoms with Crippen molar-refractivity contribution >= 4 is 44.9 Å². The predicted molar refractivity (Wildman–Crippen MR) is 88.1 cm³/mol. The molecule has 0 aliphatic heterocycles. The minimum atomic E-state index is 0.639. The van der Waals surface area contributed by atoms with Gasteiger partial charge in [-0.2, -0.15) is 0 Å². The molecule has 1 heterocycles. The third-order valence-corrected chi connectivity index (χ3v) is 3.59. The van der Waals surface area contributed by atoms with E-state index in [1.807, 2.05) is 39.0 Å². The first-order valence-corrected chi connectivity index (χ1v) is 7.49. The highest BCUT2D eigenvalue weighted by molar-refractivity contribution is 9.10. The Bertz CT molecular complexity index is 631. The Morgan fingerprint density at radius 1 is 1.20 bits per heavy atom. The van der Waals surface area contributed by atoms with Crippen LogP contribution in [0, 0.1) is 13.8 Å². The molecule has 106 valence electrons. The zero-order valence-corrected chi connectivity index (χ0v) is 13.9. The quantitative estimate of drug-likeness (QED) is 0.835. The molecule has 0 fully saturated rings. The van der Waals surface area contributed by atoms with Gasteiger partial charge in [-0.1, -0.05) is 27.5 Å². The second kappa shape index (κ2) is 6.41. The summed E-state index contributed by atoms with van der Waals surface area (Å²) in [4.78, 5) is 8.84. The molecule has 0 amide bonds. The summed E-state index contributed by atoms with van der Waals surface area (Å²) < 4.78 is 0.942. The minimum Gasteiger partial charge on any atom is -0.370 e. The molecule has 4 nitrogen and oxygen atoms in total. The van der Waals surface area contributed by atoms with Crippen molar-refractivity contribution in [3.8, 4) is 0 Å². The molecule has 1 aromatic heterocycles. The zero-order valence-electron chi connectivity index (χ0n) is 11.6. The molecule has 0 saturated heterocycles. The molecule has 6 heteroatoms. The molecule has 0 atom stereocenters. The Morgan fingerprint density at radius 3 is 2.55 bits per heavy atom. The lowest BCUT2D eigenvalue weighted by atomic mass is 10.2. The van der Waals surface area contributed by atoms with Gasteiger partial charge in [-0.3, -0.25) is 0 Å². The van der Waals surface area contributed by atoms with Gasteiger partial charge in [0.1, 0.15) is 17.5 Å². The number of anilines is 3. The van der Waals surface area contributed by atoms with Gasteiger partial charge in [0.15, 0.2) is 0 Å². The van der Waals surface area contributed by atoms with Crippen molar-refractivity contribution in [1.29, 1.82) is 0 Å². The van der Waals surface area contributed by atoms with Gasteiger partial charge >= 0.3 is 0 Å². The van der Waals surface area contributed by atoms with Gasteiger partial charge in [0.05, 0.1) is 10.7 Å². The van der Waals surface area contributed by atoms with E-state index < -0.39 is 0 Å². The fraction of sp³-hybridized carbons (Fsp3) is 0.286. The second-order valence-corrected chi connectivity index (χ2v) is 5.70. The topological polar surface area (TPSA) is 49.8 Å². The molecular weight excluding hydrogens is 340 g/mol. The maximum absolute atomic E-state index is 6.22. The summed E-state index contributed by atoms with van der Waals surface area (Å²) in [6.45, 7) is 6.70. The second-order valence-electron chi connectivity index (χ2n) is 4.37. The van der Waals surface area contributed by atoms with E-state index in [1.54, 1.807) is 0 Å². The Balaban J connectivity index is 2.37. The molecule has 0 bridgehead atoms. The lowest BCUT2D eigenvalue weighted by Gasteiger charge is -2.14. The summed E-state index contributed by atoms with van der Waals surface area (Å²) in [5.74, 6) is 2.32. The highest BCUT2D eigenvalue weighted by Crippen LogP contribution is 2.30. The Hall–Kier alpha value is -1.33. The van der Waals surface area contributed by atoms with Crippen molar-refractivity contribution in [3.05, 3.63) is 39.1 Å². The van der Waals surface area contributed by atoms with E-state index in [2.05, 4.69) is 36.5 Å². The van der Waals surface area contributed by atoms with Gasteiger partial charge in [-0.05, 0) is 39.0 Å². The van der Waals surface area contributed by atoms with Crippen molar-refractivity contribution in [3.63, 3.8) is 0 Å². The molecule has 2 aromatic rings. The van der Waals surface area contributed by atoms with E-state index in [0.717, 1.165) is 33.9 Å². The van der Waals surface area contributed by atoms with Crippen molar-refractivity contribution in [2.24, 2.45) is 0 Å². The lowest BCUT2D eigenvalue weighted by Crippen LogP contribution is -2.07. The van der Waals surface area contributed by atoms with Crippen LogP contribution in [0.3, 0.4) is 0 Å². The molecule has 2 N–H and O–H groups in total. The molecule has 0 radical (unpaired) electrons. The molecular formula is C14H16BrClN4. The third kappa shape index (κ3) is 3.41. The van der Waals surface area contributed by atoms with Crippen LogP contribution in [0.25, 0.3) is 0 Å². The molecule has 0 unspecified atom stereocenters. The SMILES string of the molecule is CCNc1nc(C)nc(Nc2ccc(Br)cc2Cl)c1C. The molecule has 2 rings (SSSR count). The lowest BCUT2D eigenvalue weighted by molar-refractivity contribution is 1.02. The molecule has 1 aromatic carbocycles. The van der Waals surface area contributed by atoms with Gasteiger partial charge in [-0.25, -0.2) is 9.97 Å². The van der Waals surface area contributed by atoms with Crippen LogP contribution in [0.4, 0.5) is 17.3 Å². The summed E-state index contributed by atoms with van der Waals surface area (Å²) >= 11 is 9.61. The number of nitrogens with zero attached hydrogens (tertiary/aromatic N) is 2. The summed E-state index contributed by atoms with van der Waals surface area (Å²) in [6.07, 6.45) is 0. The maximum Gasteiger partial charge on any atom is 0.139 e. The summed E-state index contributed by atoms with van der Waals surface area (Å²) in [7, 11) is 0. The molecule has 0 spiro atoms.